The molecule has 0 radical (unpaired) electrons. The summed E-state index contributed by atoms with van der Waals surface area (Å²) < 4.78 is 4.68. The first-order valence-corrected chi connectivity index (χ1v) is 8.72. The predicted molar refractivity (Wildman–Crippen MR) is 105 cm³/mol. The van der Waals surface area contributed by atoms with Crippen LogP contribution in [0.2, 0.25) is 5.02 Å². The predicted octanol–water partition coefficient (Wildman–Crippen LogP) is 4.61. The number of carbonyl (C=O) groups is 2. The minimum atomic E-state index is -0.489. The fraction of sp³-hybridized carbons (Fsp3) is 0.300. The first kappa shape index (κ1) is 19.8. The van der Waals surface area contributed by atoms with Crippen molar-refractivity contribution in [2.45, 2.75) is 26.7 Å². The third kappa shape index (κ3) is 4.76. The van der Waals surface area contributed by atoms with Gasteiger partial charge in [-0.25, -0.2) is 4.79 Å². The number of anilines is 2. The third-order valence-corrected chi connectivity index (χ3v) is 4.34. The van der Waals surface area contributed by atoms with E-state index in [2.05, 4.69) is 35.3 Å². The Hall–Kier alpha value is -2.53. The Morgan fingerprint density at radius 2 is 1.92 bits per heavy atom. The summed E-state index contributed by atoms with van der Waals surface area (Å²) in [5.74, 6) is -0.407. The van der Waals surface area contributed by atoms with E-state index in [0.29, 0.717) is 22.2 Å². The highest BCUT2D eigenvalue weighted by Gasteiger charge is 2.13. The van der Waals surface area contributed by atoms with Gasteiger partial charge in [0.15, 0.2) is 0 Å². The summed E-state index contributed by atoms with van der Waals surface area (Å²) in [5, 5.41) is 6.28. The second-order valence-corrected chi connectivity index (χ2v) is 6.69. The maximum absolute atomic E-state index is 12.3. The van der Waals surface area contributed by atoms with E-state index in [-0.39, 0.29) is 12.5 Å². The van der Waals surface area contributed by atoms with Gasteiger partial charge in [0.2, 0.25) is 5.91 Å². The van der Waals surface area contributed by atoms with Gasteiger partial charge in [0.1, 0.15) is 0 Å². The lowest BCUT2D eigenvalue weighted by molar-refractivity contribution is -0.114. The highest BCUT2D eigenvalue weighted by atomic mass is 35.5. The normalized spacial score (nSPS) is 10.5. The van der Waals surface area contributed by atoms with Crippen molar-refractivity contribution in [1.29, 1.82) is 0 Å². The summed E-state index contributed by atoms with van der Waals surface area (Å²) in [6.07, 6.45) is 0. The van der Waals surface area contributed by atoms with E-state index in [0.717, 1.165) is 16.8 Å². The van der Waals surface area contributed by atoms with Gasteiger partial charge in [-0.1, -0.05) is 43.6 Å². The first-order valence-electron chi connectivity index (χ1n) is 8.34. The van der Waals surface area contributed by atoms with Crippen LogP contribution in [0.15, 0.2) is 36.4 Å². The number of halogens is 1. The van der Waals surface area contributed by atoms with E-state index in [1.54, 1.807) is 12.1 Å². The molecule has 0 bridgehead atoms. The van der Waals surface area contributed by atoms with E-state index >= 15 is 0 Å². The van der Waals surface area contributed by atoms with Crippen molar-refractivity contribution in [3.63, 3.8) is 0 Å². The number of ether oxygens (including phenoxy) is 1. The molecule has 0 spiro atoms. The molecule has 0 aromatic heterocycles. The summed E-state index contributed by atoms with van der Waals surface area (Å²) >= 11 is 6.11. The minimum absolute atomic E-state index is 0.0867. The number of rotatable bonds is 6. The van der Waals surface area contributed by atoms with Crippen molar-refractivity contribution in [1.82, 2.24) is 0 Å². The molecule has 6 heteroatoms. The number of nitrogens with one attached hydrogen (secondary N) is 2. The Labute approximate surface area is 158 Å². The van der Waals surface area contributed by atoms with E-state index in [1.807, 2.05) is 19.1 Å². The van der Waals surface area contributed by atoms with Gasteiger partial charge >= 0.3 is 5.97 Å². The second-order valence-electron chi connectivity index (χ2n) is 6.28. The Kier molecular flexibility index (Phi) is 6.64. The largest absolute Gasteiger partial charge is 0.465 e. The molecule has 0 aliphatic rings. The lowest BCUT2D eigenvalue weighted by atomic mass is 9.98. The molecule has 0 aliphatic heterocycles. The molecule has 0 unspecified atom stereocenters. The summed E-state index contributed by atoms with van der Waals surface area (Å²) in [6.45, 7) is 6.31. The SMILES string of the molecule is COC(=O)c1ccc(Cl)c(NC(=O)CNc2c(C)cccc2C(C)C)c1. The van der Waals surface area contributed by atoms with Crippen molar-refractivity contribution >= 4 is 34.9 Å². The number of amides is 1. The Bertz CT molecular complexity index is 819. The van der Waals surface area contributed by atoms with Gasteiger partial charge in [-0.15, -0.1) is 0 Å². The van der Waals surface area contributed by atoms with Gasteiger partial charge in [-0.2, -0.15) is 0 Å². The van der Waals surface area contributed by atoms with Crippen LogP contribution in [0.4, 0.5) is 11.4 Å². The Balaban J connectivity index is 2.10. The Morgan fingerprint density at radius 1 is 1.19 bits per heavy atom. The number of hydrogen-bond acceptors (Lipinski definition) is 4. The maximum Gasteiger partial charge on any atom is 0.337 e. The van der Waals surface area contributed by atoms with Crippen molar-refractivity contribution in [3.05, 3.63) is 58.1 Å². The summed E-state index contributed by atoms with van der Waals surface area (Å²) in [6, 6.07) is 10.7. The monoisotopic (exact) mass is 374 g/mol. The fourth-order valence-electron chi connectivity index (χ4n) is 2.64. The molecule has 26 heavy (non-hydrogen) atoms. The molecule has 0 saturated carbocycles. The van der Waals surface area contributed by atoms with E-state index in [9.17, 15) is 9.59 Å². The number of aryl methyl sites for hydroxylation is 1. The molecule has 0 atom stereocenters. The number of benzene rings is 2. The van der Waals surface area contributed by atoms with Crippen LogP contribution in [0.1, 0.15) is 41.3 Å². The molecule has 2 N–H and O–H groups in total. The van der Waals surface area contributed by atoms with Crippen molar-refractivity contribution in [2.24, 2.45) is 0 Å². The van der Waals surface area contributed by atoms with Crippen molar-refractivity contribution < 1.29 is 14.3 Å². The van der Waals surface area contributed by atoms with Gasteiger partial charge in [-0.05, 0) is 42.2 Å². The average Bonchev–Trinajstić information content (AvgIpc) is 2.61. The zero-order chi connectivity index (χ0) is 19.3. The molecule has 0 heterocycles. The quantitative estimate of drug-likeness (QED) is 0.724. The molecule has 5 nitrogen and oxygen atoms in total. The highest BCUT2D eigenvalue weighted by Crippen LogP contribution is 2.27. The molecule has 0 saturated heterocycles. The van der Waals surface area contributed by atoms with E-state index in [4.69, 9.17) is 11.6 Å². The van der Waals surface area contributed by atoms with Crippen LogP contribution in [0, 0.1) is 6.92 Å². The number of esters is 1. The van der Waals surface area contributed by atoms with Crippen molar-refractivity contribution in [2.75, 3.05) is 24.3 Å². The molecular weight excluding hydrogens is 352 g/mol. The zero-order valence-corrected chi connectivity index (χ0v) is 16.1. The minimum Gasteiger partial charge on any atom is -0.465 e. The van der Waals surface area contributed by atoms with Crippen LogP contribution in [-0.4, -0.2) is 25.5 Å². The van der Waals surface area contributed by atoms with Gasteiger partial charge in [0, 0.05) is 5.69 Å². The first-order chi connectivity index (χ1) is 12.3. The lowest BCUT2D eigenvalue weighted by Crippen LogP contribution is -2.23. The lowest BCUT2D eigenvalue weighted by Gasteiger charge is -2.17. The fourth-order valence-corrected chi connectivity index (χ4v) is 2.81. The van der Waals surface area contributed by atoms with Crippen LogP contribution in [0.25, 0.3) is 0 Å². The maximum atomic E-state index is 12.3. The van der Waals surface area contributed by atoms with Crippen LogP contribution in [-0.2, 0) is 9.53 Å². The van der Waals surface area contributed by atoms with Crippen molar-refractivity contribution in [3.8, 4) is 0 Å². The topological polar surface area (TPSA) is 67.4 Å². The molecule has 2 aromatic carbocycles. The zero-order valence-electron chi connectivity index (χ0n) is 15.4. The van der Waals surface area contributed by atoms with Crippen LogP contribution >= 0.6 is 11.6 Å². The molecule has 138 valence electrons. The standard InChI is InChI=1S/C20H23ClN2O3/c1-12(2)15-7-5-6-13(3)19(15)22-11-18(24)23-17-10-14(20(25)26-4)8-9-16(17)21/h5-10,12,22H,11H2,1-4H3,(H,23,24). The number of hydrogen-bond donors (Lipinski definition) is 2. The second kappa shape index (κ2) is 8.72. The number of methoxy groups -OCH3 is 1. The van der Waals surface area contributed by atoms with E-state index < -0.39 is 5.97 Å². The summed E-state index contributed by atoms with van der Waals surface area (Å²) in [7, 11) is 1.30. The molecule has 0 aliphatic carbocycles. The van der Waals surface area contributed by atoms with Gasteiger partial charge in [0.25, 0.3) is 0 Å². The van der Waals surface area contributed by atoms with Crippen LogP contribution < -0.4 is 10.6 Å². The molecule has 0 fully saturated rings. The summed E-state index contributed by atoms with van der Waals surface area (Å²) in [4.78, 5) is 24.0. The van der Waals surface area contributed by atoms with Gasteiger partial charge in [0.05, 0.1) is 29.9 Å². The van der Waals surface area contributed by atoms with E-state index in [1.165, 1.54) is 13.2 Å². The van der Waals surface area contributed by atoms with Gasteiger partial charge in [-0.3, -0.25) is 4.79 Å². The van der Waals surface area contributed by atoms with Crippen LogP contribution in [0.5, 0.6) is 0 Å². The Morgan fingerprint density at radius 3 is 2.58 bits per heavy atom. The molecule has 2 rings (SSSR count). The van der Waals surface area contributed by atoms with Gasteiger partial charge < -0.3 is 15.4 Å². The summed E-state index contributed by atoms with van der Waals surface area (Å²) in [5.41, 5.74) is 3.89. The number of para-hydroxylation sites is 1. The molecule has 2 aromatic rings. The smallest absolute Gasteiger partial charge is 0.337 e. The molecule has 1 amide bonds. The molecular formula is C20H23ClN2O3. The average molecular weight is 375 g/mol. The van der Waals surface area contributed by atoms with Crippen LogP contribution in [0.3, 0.4) is 0 Å². The third-order valence-electron chi connectivity index (χ3n) is 4.01. The highest BCUT2D eigenvalue weighted by molar-refractivity contribution is 6.33. The number of carbonyl (C=O) groups excluding carboxylic acids is 2.